The molecule has 9 nitrogen and oxygen atoms in total. The lowest BCUT2D eigenvalue weighted by Crippen LogP contribution is -2.40. The molecule has 0 aliphatic carbocycles. The maximum Gasteiger partial charge on any atom is 0.269 e. The van der Waals surface area contributed by atoms with Crippen LogP contribution in [0.1, 0.15) is 15.9 Å². The van der Waals surface area contributed by atoms with Gasteiger partial charge < -0.3 is 14.2 Å². The van der Waals surface area contributed by atoms with E-state index in [1.807, 2.05) is 0 Å². The molecule has 0 aliphatic heterocycles. The molecule has 1 aromatic heterocycles. The van der Waals surface area contributed by atoms with Gasteiger partial charge in [-0.25, -0.2) is 0 Å². The van der Waals surface area contributed by atoms with E-state index < -0.39 is 11.8 Å². The zero-order chi connectivity index (χ0) is 19.1. The number of hydrogen-bond acceptors (Lipinski definition) is 6. The predicted octanol–water partition coefficient (Wildman–Crippen LogP) is 0.920. The topological polar surface area (TPSA) is 104 Å². The van der Waals surface area contributed by atoms with E-state index >= 15 is 0 Å². The molecular weight excluding hydrogens is 340 g/mol. The number of nitrogens with one attached hydrogen (secondary N) is 2. The second kappa shape index (κ2) is 8.56. The van der Waals surface area contributed by atoms with Crippen molar-refractivity contribution in [2.24, 2.45) is 7.05 Å². The molecule has 2 amide bonds. The van der Waals surface area contributed by atoms with Gasteiger partial charge in [0.1, 0.15) is 0 Å². The van der Waals surface area contributed by atoms with Gasteiger partial charge >= 0.3 is 0 Å². The number of rotatable bonds is 6. The van der Waals surface area contributed by atoms with Crippen LogP contribution in [0, 0.1) is 0 Å². The summed E-state index contributed by atoms with van der Waals surface area (Å²) in [6, 6.07) is 2.96. The molecule has 0 unspecified atom stereocenters. The molecule has 9 heteroatoms. The average Bonchev–Trinajstić information content (AvgIpc) is 3.08. The number of ether oxygens (including phenoxy) is 3. The molecular formula is C17H20N4O5. The summed E-state index contributed by atoms with van der Waals surface area (Å²) in [5.74, 6) is 0.0108. The Balaban J connectivity index is 2.03. The van der Waals surface area contributed by atoms with Crippen LogP contribution in [0.2, 0.25) is 0 Å². The van der Waals surface area contributed by atoms with E-state index in [1.54, 1.807) is 30.2 Å². The summed E-state index contributed by atoms with van der Waals surface area (Å²) in [5, 5.41) is 3.99. The van der Waals surface area contributed by atoms with Crippen molar-refractivity contribution in [3.05, 3.63) is 41.7 Å². The molecule has 138 valence electrons. The Bertz CT molecular complexity index is 803. The van der Waals surface area contributed by atoms with Gasteiger partial charge in [-0.05, 0) is 18.2 Å². The largest absolute Gasteiger partial charge is 0.493 e. The van der Waals surface area contributed by atoms with Gasteiger partial charge in [0.2, 0.25) is 5.75 Å². The van der Waals surface area contributed by atoms with Gasteiger partial charge in [0.05, 0.1) is 27.5 Å². The lowest BCUT2D eigenvalue weighted by molar-refractivity contribution is -0.117. The monoisotopic (exact) mass is 360 g/mol. The summed E-state index contributed by atoms with van der Waals surface area (Å²) in [4.78, 5) is 24.0. The van der Waals surface area contributed by atoms with Crippen molar-refractivity contribution < 1.29 is 23.8 Å². The number of carbonyl (C=O) groups excluding carboxylic acids is 2. The number of benzene rings is 1. The number of aryl methyl sites for hydroxylation is 1. The lowest BCUT2D eigenvalue weighted by atomic mass is 10.1. The van der Waals surface area contributed by atoms with Crippen molar-refractivity contribution in [2.45, 2.75) is 0 Å². The maximum atomic E-state index is 12.2. The van der Waals surface area contributed by atoms with Gasteiger partial charge in [-0.2, -0.15) is 5.10 Å². The first kappa shape index (κ1) is 18.8. The highest BCUT2D eigenvalue weighted by molar-refractivity contribution is 5.98. The van der Waals surface area contributed by atoms with Crippen molar-refractivity contribution >= 4 is 17.9 Å². The first-order valence-corrected chi connectivity index (χ1v) is 7.55. The molecule has 0 bridgehead atoms. The van der Waals surface area contributed by atoms with Gasteiger partial charge in [0.25, 0.3) is 11.8 Å². The Morgan fingerprint density at radius 1 is 1.08 bits per heavy atom. The van der Waals surface area contributed by atoms with E-state index in [0.717, 1.165) is 5.56 Å². The number of carbonyl (C=O) groups is 2. The van der Waals surface area contributed by atoms with Crippen molar-refractivity contribution in [1.82, 2.24) is 20.6 Å². The number of methoxy groups -OCH3 is 3. The Hall–Kier alpha value is -3.49. The molecule has 0 aliphatic rings. The van der Waals surface area contributed by atoms with Crippen LogP contribution in [0.5, 0.6) is 17.2 Å². The SMILES string of the molecule is COc1cc(C(=O)NNC(=O)/C=C/c2cnn(C)c2)cc(OC)c1OC. The van der Waals surface area contributed by atoms with E-state index in [4.69, 9.17) is 14.2 Å². The molecule has 26 heavy (non-hydrogen) atoms. The minimum Gasteiger partial charge on any atom is -0.493 e. The smallest absolute Gasteiger partial charge is 0.269 e. The molecule has 2 rings (SSSR count). The number of hydrogen-bond donors (Lipinski definition) is 2. The molecule has 2 N–H and O–H groups in total. The molecule has 0 fully saturated rings. The summed E-state index contributed by atoms with van der Waals surface area (Å²) < 4.78 is 17.2. The Labute approximate surface area is 150 Å². The van der Waals surface area contributed by atoms with Crippen LogP contribution in [-0.2, 0) is 11.8 Å². The van der Waals surface area contributed by atoms with E-state index in [2.05, 4.69) is 16.0 Å². The first-order valence-electron chi connectivity index (χ1n) is 7.55. The van der Waals surface area contributed by atoms with Crippen LogP contribution in [-0.4, -0.2) is 42.9 Å². The van der Waals surface area contributed by atoms with E-state index in [9.17, 15) is 9.59 Å². The summed E-state index contributed by atoms with van der Waals surface area (Å²) in [7, 11) is 6.14. The zero-order valence-electron chi connectivity index (χ0n) is 14.9. The zero-order valence-corrected chi connectivity index (χ0v) is 14.9. The highest BCUT2D eigenvalue weighted by atomic mass is 16.5. The fraction of sp³-hybridized carbons (Fsp3) is 0.235. The molecule has 0 spiro atoms. The molecule has 0 atom stereocenters. The third-order valence-corrected chi connectivity index (χ3v) is 3.38. The Kier molecular flexibility index (Phi) is 6.20. The van der Waals surface area contributed by atoms with Gasteiger partial charge in [0, 0.05) is 30.4 Å². The van der Waals surface area contributed by atoms with Crippen LogP contribution in [0.3, 0.4) is 0 Å². The third-order valence-electron chi connectivity index (χ3n) is 3.38. The second-order valence-electron chi connectivity index (χ2n) is 5.14. The molecule has 0 saturated heterocycles. The van der Waals surface area contributed by atoms with Crippen LogP contribution >= 0.6 is 0 Å². The van der Waals surface area contributed by atoms with Crippen molar-refractivity contribution in [3.63, 3.8) is 0 Å². The molecule has 1 heterocycles. The number of aromatic nitrogens is 2. The molecule has 0 saturated carbocycles. The lowest BCUT2D eigenvalue weighted by Gasteiger charge is -2.14. The molecule has 0 radical (unpaired) electrons. The average molecular weight is 360 g/mol. The summed E-state index contributed by atoms with van der Waals surface area (Å²) in [5.41, 5.74) is 5.61. The number of hydrazine groups is 1. The summed E-state index contributed by atoms with van der Waals surface area (Å²) in [6.45, 7) is 0. The number of nitrogens with zero attached hydrogens (tertiary/aromatic N) is 2. The van der Waals surface area contributed by atoms with Gasteiger partial charge in [-0.15, -0.1) is 0 Å². The van der Waals surface area contributed by atoms with Crippen molar-refractivity contribution in [1.29, 1.82) is 0 Å². The molecule has 1 aromatic carbocycles. The Morgan fingerprint density at radius 3 is 2.23 bits per heavy atom. The second-order valence-corrected chi connectivity index (χ2v) is 5.14. The third kappa shape index (κ3) is 4.53. The highest BCUT2D eigenvalue weighted by Gasteiger charge is 2.17. The van der Waals surface area contributed by atoms with Crippen LogP contribution in [0.25, 0.3) is 6.08 Å². The summed E-state index contributed by atoms with van der Waals surface area (Å²) >= 11 is 0. The number of amides is 2. The quantitative estimate of drug-likeness (QED) is 0.586. The summed E-state index contributed by atoms with van der Waals surface area (Å²) in [6.07, 6.45) is 6.22. The van der Waals surface area contributed by atoms with E-state index in [-0.39, 0.29) is 5.56 Å². The fourth-order valence-electron chi connectivity index (χ4n) is 2.14. The van der Waals surface area contributed by atoms with Crippen LogP contribution < -0.4 is 25.1 Å². The maximum absolute atomic E-state index is 12.2. The van der Waals surface area contributed by atoms with Crippen LogP contribution in [0.4, 0.5) is 0 Å². The minimum atomic E-state index is -0.535. The van der Waals surface area contributed by atoms with E-state index in [1.165, 1.54) is 39.5 Å². The van der Waals surface area contributed by atoms with Crippen LogP contribution in [0.15, 0.2) is 30.6 Å². The predicted molar refractivity (Wildman–Crippen MR) is 93.9 cm³/mol. The van der Waals surface area contributed by atoms with E-state index in [0.29, 0.717) is 17.2 Å². The van der Waals surface area contributed by atoms with Gasteiger partial charge in [0.15, 0.2) is 11.5 Å². The molecule has 2 aromatic rings. The van der Waals surface area contributed by atoms with Gasteiger partial charge in [-0.3, -0.25) is 25.1 Å². The standard InChI is InChI=1S/C17H20N4O5/c1-21-10-11(9-18-21)5-6-15(22)19-20-17(23)12-7-13(24-2)16(26-4)14(8-12)25-3/h5-10H,1-4H3,(H,19,22)(H,20,23)/b6-5+. The Morgan fingerprint density at radius 2 is 1.73 bits per heavy atom. The normalized spacial score (nSPS) is 10.5. The first-order chi connectivity index (χ1) is 12.5. The minimum absolute atomic E-state index is 0.232. The van der Waals surface area contributed by atoms with Crippen molar-refractivity contribution in [2.75, 3.05) is 21.3 Å². The van der Waals surface area contributed by atoms with Gasteiger partial charge in [-0.1, -0.05) is 0 Å². The highest BCUT2D eigenvalue weighted by Crippen LogP contribution is 2.38. The van der Waals surface area contributed by atoms with Crippen molar-refractivity contribution in [3.8, 4) is 17.2 Å². The fourth-order valence-corrected chi connectivity index (χ4v) is 2.14.